The van der Waals surface area contributed by atoms with Crippen molar-refractivity contribution >= 4 is 5.91 Å². The summed E-state index contributed by atoms with van der Waals surface area (Å²) in [6, 6.07) is 0.691. The number of amides is 1. The van der Waals surface area contributed by atoms with Crippen molar-refractivity contribution in [3.8, 4) is 0 Å². The van der Waals surface area contributed by atoms with Gasteiger partial charge in [-0.3, -0.25) is 10.1 Å². The van der Waals surface area contributed by atoms with Crippen molar-refractivity contribution in [3.63, 3.8) is 0 Å². The molecule has 2 heterocycles. The standard InChI is InChI=1S/C17H33N3O/c1-5-7-15-17(21)20(16(18-15)8-6-2)12-14-9-10-19(11-14)13(3)4/h13-16,18H,5-12H2,1-4H3. The molecule has 0 aromatic heterocycles. The summed E-state index contributed by atoms with van der Waals surface area (Å²) in [6.45, 7) is 12.2. The third-order valence-corrected chi connectivity index (χ3v) is 4.99. The molecule has 4 nitrogen and oxygen atoms in total. The first-order valence-corrected chi connectivity index (χ1v) is 8.87. The van der Waals surface area contributed by atoms with Crippen LogP contribution in [-0.4, -0.2) is 53.6 Å². The zero-order valence-corrected chi connectivity index (χ0v) is 14.3. The van der Waals surface area contributed by atoms with Crippen molar-refractivity contribution in [2.24, 2.45) is 5.92 Å². The third kappa shape index (κ3) is 3.98. The Hall–Kier alpha value is -0.610. The highest BCUT2D eigenvalue weighted by molar-refractivity contribution is 5.84. The molecule has 21 heavy (non-hydrogen) atoms. The molecule has 0 aromatic rings. The number of likely N-dealkylation sites (tertiary alicyclic amines) is 1. The fourth-order valence-electron chi connectivity index (χ4n) is 3.73. The van der Waals surface area contributed by atoms with Crippen molar-refractivity contribution in [3.05, 3.63) is 0 Å². The van der Waals surface area contributed by atoms with E-state index < -0.39 is 0 Å². The molecule has 0 saturated carbocycles. The smallest absolute Gasteiger partial charge is 0.241 e. The molecule has 0 bridgehead atoms. The number of rotatable bonds is 7. The lowest BCUT2D eigenvalue weighted by molar-refractivity contribution is -0.130. The Morgan fingerprint density at radius 1 is 1.24 bits per heavy atom. The van der Waals surface area contributed by atoms with Gasteiger partial charge in [0, 0.05) is 19.1 Å². The second kappa shape index (κ2) is 7.59. The molecule has 2 fully saturated rings. The molecular formula is C17H33N3O. The van der Waals surface area contributed by atoms with Crippen LogP contribution >= 0.6 is 0 Å². The summed E-state index contributed by atoms with van der Waals surface area (Å²) in [6.07, 6.45) is 5.75. The van der Waals surface area contributed by atoms with Gasteiger partial charge in [-0.2, -0.15) is 0 Å². The third-order valence-electron chi connectivity index (χ3n) is 4.99. The van der Waals surface area contributed by atoms with Crippen molar-refractivity contribution in [1.82, 2.24) is 15.1 Å². The maximum Gasteiger partial charge on any atom is 0.241 e. The van der Waals surface area contributed by atoms with E-state index in [1.54, 1.807) is 0 Å². The quantitative estimate of drug-likeness (QED) is 0.783. The monoisotopic (exact) mass is 295 g/mol. The maximum atomic E-state index is 12.6. The van der Waals surface area contributed by atoms with Gasteiger partial charge in [0.15, 0.2) is 0 Å². The van der Waals surface area contributed by atoms with E-state index in [4.69, 9.17) is 0 Å². The number of nitrogens with one attached hydrogen (secondary N) is 1. The summed E-state index contributed by atoms with van der Waals surface area (Å²) in [5.74, 6) is 0.996. The van der Waals surface area contributed by atoms with E-state index in [0.717, 1.165) is 38.8 Å². The molecule has 0 aromatic carbocycles. The number of carbonyl (C=O) groups is 1. The Morgan fingerprint density at radius 2 is 1.95 bits per heavy atom. The Kier molecular flexibility index (Phi) is 6.06. The van der Waals surface area contributed by atoms with Gasteiger partial charge in [0.05, 0.1) is 12.2 Å². The molecule has 4 heteroatoms. The largest absolute Gasteiger partial charge is 0.325 e. The second-order valence-electron chi connectivity index (χ2n) is 7.05. The fourth-order valence-corrected chi connectivity index (χ4v) is 3.73. The highest BCUT2D eigenvalue weighted by Gasteiger charge is 2.39. The molecule has 3 unspecified atom stereocenters. The Morgan fingerprint density at radius 3 is 2.52 bits per heavy atom. The van der Waals surface area contributed by atoms with E-state index in [1.807, 2.05) is 0 Å². The van der Waals surface area contributed by atoms with Crippen LogP contribution in [0, 0.1) is 5.92 Å². The number of hydrogen-bond donors (Lipinski definition) is 1. The predicted octanol–water partition coefficient (Wildman–Crippen LogP) is 2.44. The summed E-state index contributed by atoms with van der Waals surface area (Å²) >= 11 is 0. The highest BCUT2D eigenvalue weighted by Crippen LogP contribution is 2.24. The summed E-state index contributed by atoms with van der Waals surface area (Å²) in [4.78, 5) is 17.3. The van der Waals surface area contributed by atoms with Crippen molar-refractivity contribution in [2.45, 2.75) is 78.0 Å². The maximum absolute atomic E-state index is 12.6. The van der Waals surface area contributed by atoms with Crippen LogP contribution in [0.15, 0.2) is 0 Å². The van der Waals surface area contributed by atoms with E-state index in [-0.39, 0.29) is 12.2 Å². The average molecular weight is 295 g/mol. The van der Waals surface area contributed by atoms with Crippen LogP contribution in [0.4, 0.5) is 0 Å². The molecule has 3 atom stereocenters. The molecule has 2 aliphatic rings. The van der Waals surface area contributed by atoms with Crippen molar-refractivity contribution < 1.29 is 4.79 Å². The molecular weight excluding hydrogens is 262 g/mol. The fraction of sp³-hybridized carbons (Fsp3) is 0.941. The first-order valence-electron chi connectivity index (χ1n) is 8.87. The van der Waals surface area contributed by atoms with Crippen molar-refractivity contribution in [2.75, 3.05) is 19.6 Å². The van der Waals surface area contributed by atoms with Crippen LogP contribution in [0.25, 0.3) is 0 Å². The summed E-state index contributed by atoms with van der Waals surface area (Å²) < 4.78 is 0. The molecule has 1 amide bonds. The molecule has 0 aliphatic carbocycles. The van der Waals surface area contributed by atoms with Gasteiger partial charge in [0.1, 0.15) is 0 Å². The summed E-state index contributed by atoms with van der Waals surface area (Å²) in [5, 5.41) is 3.56. The van der Waals surface area contributed by atoms with E-state index in [2.05, 4.69) is 42.8 Å². The van der Waals surface area contributed by atoms with Gasteiger partial charge in [0.25, 0.3) is 0 Å². The Bertz CT molecular complexity index is 345. The molecule has 122 valence electrons. The van der Waals surface area contributed by atoms with Crippen LogP contribution in [0.2, 0.25) is 0 Å². The zero-order chi connectivity index (χ0) is 15.4. The highest BCUT2D eigenvalue weighted by atomic mass is 16.2. The normalized spacial score (nSPS) is 30.8. The first kappa shape index (κ1) is 16.8. The minimum absolute atomic E-state index is 0.0640. The topological polar surface area (TPSA) is 35.6 Å². The van der Waals surface area contributed by atoms with Crippen molar-refractivity contribution in [1.29, 1.82) is 0 Å². The van der Waals surface area contributed by atoms with Crippen LogP contribution in [0.1, 0.15) is 59.8 Å². The predicted molar refractivity (Wildman–Crippen MR) is 87.1 cm³/mol. The van der Waals surface area contributed by atoms with E-state index in [1.165, 1.54) is 13.0 Å². The van der Waals surface area contributed by atoms with Gasteiger partial charge >= 0.3 is 0 Å². The lowest BCUT2D eigenvalue weighted by atomic mass is 10.1. The SMILES string of the molecule is CCCC1NC(CCC)N(CC2CCN(C(C)C)C2)C1=O. The minimum atomic E-state index is 0.0640. The lowest BCUT2D eigenvalue weighted by Crippen LogP contribution is -2.41. The van der Waals surface area contributed by atoms with Crippen LogP contribution in [-0.2, 0) is 4.79 Å². The van der Waals surface area contributed by atoms with Crippen LogP contribution < -0.4 is 5.32 Å². The van der Waals surface area contributed by atoms with Crippen LogP contribution in [0.3, 0.4) is 0 Å². The molecule has 2 rings (SSSR count). The van der Waals surface area contributed by atoms with E-state index >= 15 is 0 Å². The van der Waals surface area contributed by atoms with Gasteiger partial charge in [-0.1, -0.05) is 26.7 Å². The molecule has 0 spiro atoms. The van der Waals surface area contributed by atoms with E-state index in [9.17, 15) is 4.79 Å². The Labute approximate surface area is 130 Å². The Balaban J connectivity index is 1.94. The first-order chi connectivity index (χ1) is 10.1. The second-order valence-corrected chi connectivity index (χ2v) is 7.05. The lowest BCUT2D eigenvalue weighted by Gasteiger charge is -2.27. The van der Waals surface area contributed by atoms with Gasteiger partial charge in [0.2, 0.25) is 5.91 Å². The molecule has 0 radical (unpaired) electrons. The van der Waals surface area contributed by atoms with Gasteiger partial charge in [-0.25, -0.2) is 0 Å². The number of nitrogens with zero attached hydrogens (tertiary/aromatic N) is 2. The van der Waals surface area contributed by atoms with Gasteiger partial charge in [-0.05, 0) is 45.6 Å². The summed E-state index contributed by atoms with van der Waals surface area (Å²) in [5.41, 5.74) is 0. The van der Waals surface area contributed by atoms with Crippen LogP contribution in [0.5, 0.6) is 0 Å². The molecule has 1 N–H and O–H groups in total. The minimum Gasteiger partial charge on any atom is -0.325 e. The summed E-state index contributed by atoms with van der Waals surface area (Å²) in [7, 11) is 0. The molecule has 2 aliphatic heterocycles. The zero-order valence-electron chi connectivity index (χ0n) is 14.3. The van der Waals surface area contributed by atoms with Gasteiger partial charge in [-0.15, -0.1) is 0 Å². The molecule has 2 saturated heterocycles. The number of carbonyl (C=O) groups excluding carboxylic acids is 1. The van der Waals surface area contributed by atoms with Gasteiger partial charge < -0.3 is 9.80 Å². The van der Waals surface area contributed by atoms with E-state index in [0.29, 0.717) is 17.9 Å². The average Bonchev–Trinajstić information content (AvgIpc) is 3.01. The number of hydrogen-bond acceptors (Lipinski definition) is 3.